The van der Waals surface area contributed by atoms with E-state index in [9.17, 15) is 5.11 Å². The molecule has 0 aliphatic carbocycles. The summed E-state index contributed by atoms with van der Waals surface area (Å²) in [4.78, 5) is 0. The standard InChI is InChI=1S/C16H14O2S/c1-11-6-7-13-12(10-19-16(13)8-11)9-18-15-5-3-2-4-14(15)17/h2-8,10,17H,9H2,1H3. The van der Waals surface area contributed by atoms with Crippen molar-refractivity contribution in [3.63, 3.8) is 0 Å². The van der Waals surface area contributed by atoms with E-state index >= 15 is 0 Å². The van der Waals surface area contributed by atoms with Crippen molar-refractivity contribution in [2.45, 2.75) is 13.5 Å². The Balaban J connectivity index is 1.84. The normalized spacial score (nSPS) is 10.8. The van der Waals surface area contributed by atoms with Crippen LogP contribution in [-0.2, 0) is 6.61 Å². The Morgan fingerprint density at radius 3 is 2.84 bits per heavy atom. The molecule has 19 heavy (non-hydrogen) atoms. The predicted molar refractivity (Wildman–Crippen MR) is 79.0 cm³/mol. The fraction of sp³-hybridized carbons (Fsp3) is 0.125. The number of rotatable bonds is 3. The van der Waals surface area contributed by atoms with E-state index in [4.69, 9.17) is 4.74 Å². The van der Waals surface area contributed by atoms with Crippen molar-refractivity contribution in [3.05, 3.63) is 59.0 Å². The van der Waals surface area contributed by atoms with Crippen molar-refractivity contribution in [2.75, 3.05) is 0 Å². The molecule has 96 valence electrons. The Kier molecular flexibility index (Phi) is 3.13. The number of hydrogen-bond donors (Lipinski definition) is 1. The lowest BCUT2D eigenvalue weighted by molar-refractivity contribution is 0.290. The summed E-state index contributed by atoms with van der Waals surface area (Å²) in [5.74, 6) is 0.701. The van der Waals surface area contributed by atoms with Crippen molar-refractivity contribution in [1.29, 1.82) is 0 Å². The van der Waals surface area contributed by atoms with Crippen LogP contribution in [0.3, 0.4) is 0 Å². The molecular formula is C16H14O2S. The van der Waals surface area contributed by atoms with Gasteiger partial charge in [-0.3, -0.25) is 0 Å². The zero-order chi connectivity index (χ0) is 13.2. The van der Waals surface area contributed by atoms with Crippen LogP contribution in [0.4, 0.5) is 0 Å². The topological polar surface area (TPSA) is 29.5 Å². The molecule has 0 saturated heterocycles. The molecule has 3 rings (SSSR count). The Morgan fingerprint density at radius 2 is 2.00 bits per heavy atom. The van der Waals surface area contributed by atoms with Gasteiger partial charge in [-0.15, -0.1) is 11.3 Å². The van der Waals surface area contributed by atoms with Gasteiger partial charge in [-0.05, 0) is 41.5 Å². The molecule has 0 amide bonds. The summed E-state index contributed by atoms with van der Waals surface area (Å²) in [5.41, 5.74) is 2.42. The molecule has 0 radical (unpaired) electrons. The maximum atomic E-state index is 9.67. The van der Waals surface area contributed by atoms with Crippen molar-refractivity contribution >= 4 is 21.4 Å². The van der Waals surface area contributed by atoms with Gasteiger partial charge < -0.3 is 9.84 Å². The summed E-state index contributed by atoms with van der Waals surface area (Å²) in [6.07, 6.45) is 0. The largest absolute Gasteiger partial charge is 0.504 e. The number of aromatic hydroxyl groups is 1. The van der Waals surface area contributed by atoms with Gasteiger partial charge in [0.25, 0.3) is 0 Å². The minimum atomic E-state index is 0.179. The fourth-order valence-corrected chi connectivity index (χ4v) is 3.08. The molecule has 0 bridgehead atoms. The first kappa shape index (κ1) is 12.1. The lowest BCUT2D eigenvalue weighted by atomic mass is 10.1. The third kappa shape index (κ3) is 2.42. The van der Waals surface area contributed by atoms with Crippen LogP contribution < -0.4 is 4.74 Å². The second kappa shape index (κ2) is 4.94. The van der Waals surface area contributed by atoms with Crippen LogP contribution in [-0.4, -0.2) is 5.11 Å². The van der Waals surface area contributed by atoms with E-state index in [0.29, 0.717) is 12.4 Å². The van der Waals surface area contributed by atoms with Crippen molar-refractivity contribution in [3.8, 4) is 11.5 Å². The lowest BCUT2D eigenvalue weighted by Gasteiger charge is -2.07. The molecule has 0 unspecified atom stereocenters. The third-order valence-electron chi connectivity index (χ3n) is 3.06. The summed E-state index contributed by atoms with van der Waals surface area (Å²) in [5, 5.41) is 13.0. The number of phenolic OH excluding ortho intramolecular Hbond substituents is 1. The van der Waals surface area contributed by atoms with Crippen molar-refractivity contribution < 1.29 is 9.84 Å². The average Bonchev–Trinajstić information content (AvgIpc) is 2.80. The summed E-state index contributed by atoms with van der Waals surface area (Å²) in [7, 11) is 0. The highest BCUT2D eigenvalue weighted by molar-refractivity contribution is 7.17. The molecular weight excluding hydrogens is 256 g/mol. The van der Waals surface area contributed by atoms with Crippen LogP contribution in [0.5, 0.6) is 11.5 Å². The smallest absolute Gasteiger partial charge is 0.161 e. The predicted octanol–water partition coefficient (Wildman–Crippen LogP) is 4.49. The van der Waals surface area contributed by atoms with Gasteiger partial charge >= 0.3 is 0 Å². The molecule has 2 aromatic carbocycles. The number of hydrogen-bond acceptors (Lipinski definition) is 3. The molecule has 2 nitrogen and oxygen atoms in total. The van der Waals surface area contributed by atoms with Gasteiger partial charge in [0, 0.05) is 10.3 Å². The lowest BCUT2D eigenvalue weighted by Crippen LogP contribution is -1.94. The van der Waals surface area contributed by atoms with Crippen LogP contribution in [0.1, 0.15) is 11.1 Å². The van der Waals surface area contributed by atoms with E-state index in [1.165, 1.54) is 15.6 Å². The SMILES string of the molecule is Cc1ccc2c(COc3ccccc3O)csc2c1. The van der Waals surface area contributed by atoms with E-state index in [0.717, 1.165) is 5.56 Å². The zero-order valence-corrected chi connectivity index (χ0v) is 11.4. The molecule has 0 atom stereocenters. The quantitative estimate of drug-likeness (QED) is 0.759. The van der Waals surface area contributed by atoms with E-state index in [2.05, 4.69) is 30.5 Å². The van der Waals surface area contributed by atoms with Gasteiger partial charge in [-0.25, -0.2) is 0 Å². The van der Waals surface area contributed by atoms with Gasteiger partial charge in [0.15, 0.2) is 11.5 Å². The summed E-state index contributed by atoms with van der Waals surface area (Å²) in [6.45, 7) is 2.57. The van der Waals surface area contributed by atoms with Gasteiger partial charge in [-0.2, -0.15) is 0 Å². The second-order valence-electron chi connectivity index (χ2n) is 4.52. The first-order valence-electron chi connectivity index (χ1n) is 6.11. The van der Waals surface area contributed by atoms with Gasteiger partial charge in [0.05, 0.1) is 0 Å². The molecule has 3 heteroatoms. The maximum absolute atomic E-state index is 9.67. The van der Waals surface area contributed by atoms with Gasteiger partial charge in [-0.1, -0.05) is 24.3 Å². The highest BCUT2D eigenvalue weighted by Crippen LogP contribution is 2.30. The molecule has 3 aromatic rings. The van der Waals surface area contributed by atoms with Crippen LogP contribution in [0.2, 0.25) is 0 Å². The average molecular weight is 270 g/mol. The number of ether oxygens (including phenoxy) is 1. The Hall–Kier alpha value is -2.00. The first-order chi connectivity index (χ1) is 9.24. The van der Waals surface area contributed by atoms with E-state index in [1.807, 2.05) is 6.07 Å². The van der Waals surface area contributed by atoms with Crippen molar-refractivity contribution in [1.82, 2.24) is 0 Å². The zero-order valence-electron chi connectivity index (χ0n) is 10.6. The number of thiophene rings is 1. The van der Waals surface area contributed by atoms with Crippen molar-refractivity contribution in [2.24, 2.45) is 0 Å². The molecule has 0 spiro atoms. The minimum absolute atomic E-state index is 0.179. The van der Waals surface area contributed by atoms with Crippen LogP contribution in [0.25, 0.3) is 10.1 Å². The number of fused-ring (bicyclic) bond motifs is 1. The molecule has 0 fully saturated rings. The van der Waals surface area contributed by atoms with Crippen LogP contribution >= 0.6 is 11.3 Å². The minimum Gasteiger partial charge on any atom is -0.504 e. The number of phenols is 1. The molecule has 1 heterocycles. The molecule has 0 aliphatic rings. The first-order valence-corrected chi connectivity index (χ1v) is 6.99. The molecule has 1 aromatic heterocycles. The van der Waals surface area contributed by atoms with Gasteiger partial charge in [0.1, 0.15) is 6.61 Å². The number of para-hydroxylation sites is 2. The van der Waals surface area contributed by atoms with E-state index in [-0.39, 0.29) is 5.75 Å². The van der Waals surface area contributed by atoms with Crippen LogP contribution in [0, 0.1) is 6.92 Å². The molecule has 0 saturated carbocycles. The number of aryl methyl sites for hydroxylation is 1. The Bertz CT molecular complexity index is 716. The molecule has 1 N–H and O–H groups in total. The van der Waals surface area contributed by atoms with Gasteiger partial charge in [0.2, 0.25) is 0 Å². The third-order valence-corrected chi connectivity index (χ3v) is 4.05. The highest BCUT2D eigenvalue weighted by atomic mass is 32.1. The maximum Gasteiger partial charge on any atom is 0.161 e. The van der Waals surface area contributed by atoms with Crippen LogP contribution in [0.15, 0.2) is 47.8 Å². The Morgan fingerprint density at radius 1 is 1.16 bits per heavy atom. The fourth-order valence-electron chi connectivity index (χ4n) is 2.04. The summed E-state index contributed by atoms with van der Waals surface area (Å²) >= 11 is 1.72. The summed E-state index contributed by atoms with van der Waals surface area (Å²) in [6, 6.07) is 13.5. The van der Waals surface area contributed by atoms with E-state index in [1.54, 1.807) is 29.5 Å². The Labute approximate surface area is 115 Å². The highest BCUT2D eigenvalue weighted by Gasteiger charge is 2.06. The monoisotopic (exact) mass is 270 g/mol. The second-order valence-corrected chi connectivity index (χ2v) is 5.43. The van der Waals surface area contributed by atoms with E-state index < -0.39 is 0 Å². The summed E-state index contributed by atoms with van der Waals surface area (Å²) < 4.78 is 6.95. The molecule has 0 aliphatic heterocycles. The number of benzene rings is 2.